The van der Waals surface area contributed by atoms with E-state index in [0.29, 0.717) is 39.2 Å². The molecule has 8 nitrogen and oxygen atoms in total. The summed E-state index contributed by atoms with van der Waals surface area (Å²) in [7, 11) is 0. The maximum atomic E-state index is 4.26. The van der Waals surface area contributed by atoms with Gasteiger partial charge in [-0.1, -0.05) is 239 Å². The van der Waals surface area contributed by atoms with Gasteiger partial charge in [0.1, 0.15) is 0 Å². The van der Waals surface area contributed by atoms with Gasteiger partial charge in [-0.15, -0.1) is 0 Å². The predicted molar refractivity (Wildman–Crippen MR) is 279 cm³/mol. The van der Waals surface area contributed by atoms with Crippen LogP contribution in [0.5, 0.6) is 0 Å². The molecule has 0 amide bonds. The first-order valence-corrected chi connectivity index (χ1v) is 32.4. The van der Waals surface area contributed by atoms with Gasteiger partial charge >= 0.3 is 0 Å². The van der Waals surface area contributed by atoms with Gasteiger partial charge in [-0.2, -0.15) is 0 Å². The third kappa shape index (κ3) is 7.96. The zero-order valence-corrected chi connectivity index (χ0v) is 52.1. The van der Waals surface area contributed by atoms with E-state index in [1.54, 1.807) is 0 Å². The molecule has 0 aromatic carbocycles. The number of hydrogen-bond acceptors (Lipinski definition) is 8. The first-order chi connectivity index (χ1) is 26.0. The lowest BCUT2D eigenvalue weighted by molar-refractivity contribution is 0.193. The summed E-state index contributed by atoms with van der Waals surface area (Å²) < 4.78 is 0. The lowest BCUT2D eigenvalue weighted by Crippen LogP contribution is -2.62. The molecule has 0 spiro atoms. The molecule has 5 saturated heterocycles. The van der Waals surface area contributed by atoms with Crippen LogP contribution in [0.4, 0.5) is 0 Å². The van der Waals surface area contributed by atoms with Crippen molar-refractivity contribution < 1.29 is 0 Å². The second-order valence-corrected chi connectivity index (χ2v) is 32.8. The maximum absolute atomic E-state index is 4.26. The largest absolute Gasteiger partial charge is 0.286 e. The van der Waals surface area contributed by atoms with Crippen LogP contribution >= 0.6 is 239 Å². The van der Waals surface area contributed by atoms with Crippen LogP contribution in [0.2, 0.25) is 0 Å². The summed E-state index contributed by atoms with van der Waals surface area (Å²) in [6.07, 6.45) is 1.48. The van der Waals surface area contributed by atoms with Crippen molar-refractivity contribution >= 4 is 239 Å². The quantitative estimate of drug-likeness (QED) is 0.115. The smallest absolute Gasteiger partial charge is 0.0640 e. The third-order valence-electron chi connectivity index (χ3n) is 14.3. The van der Waals surface area contributed by atoms with Crippen molar-refractivity contribution in [2.45, 2.75) is 128 Å². The van der Waals surface area contributed by atoms with Crippen molar-refractivity contribution in [3.05, 3.63) is 0 Å². The van der Waals surface area contributed by atoms with Gasteiger partial charge in [0.25, 0.3) is 0 Å². The summed E-state index contributed by atoms with van der Waals surface area (Å²) in [5.41, 5.74) is 0. The van der Waals surface area contributed by atoms with E-state index in [2.05, 4.69) is 281 Å². The van der Waals surface area contributed by atoms with E-state index in [9.17, 15) is 0 Å². The first kappa shape index (κ1) is 47.0. The fourth-order valence-electron chi connectivity index (χ4n) is 11.8. The molecule has 4 saturated carbocycles. The van der Waals surface area contributed by atoms with Gasteiger partial charge in [-0.05, 0) is 12.3 Å². The molecule has 23 heteroatoms. The van der Waals surface area contributed by atoms with Crippen molar-refractivity contribution in [1.82, 2.24) is 42.5 Å². The topological polar surface area (TPSA) is 96.2 Å². The van der Waals surface area contributed by atoms with Gasteiger partial charge in [0.05, 0.1) is 49.3 Å². The molecule has 8 bridgehead atoms. The first-order valence-electron chi connectivity index (χ1n) is 18.7. The minimum atomic E-state index is 0.0337. The molecule has 9 rings (SSSR count). The molecule has 55 heavy (non-hydrogen) atoms. The monoisotopic (exact) mass is 1720 g/mol. The molecule has 5 heterocycles. The highest BCUT2D eigenvalue weighted by Crippen LogP contribution is 2.55. The number of hydrogen-bond donors (Lipinski definition) is 8. The Labute approximate surface area is 449 Å². The van der Waals surface area contributed by atoms with Gasteiger partial charge < -0.3 is 0 Å². The molecule has 0 radical (unpaired) electrons. The normalized spacial score (nSPS) is 65.6. The Kier molecular flexibility index (Phi) is 15.7. The van der Waals surface area contributed by atoms with Gasteiger partial charge in [0.15, 0.2) is 0 Å². The Morgan fingerprint density at radius 3 is 0.673 bits per heavy atom. The van der Waals surface area contributed by atoms with Crippen LogP contribution in [0.15, 0.2) is 0 Å². The van der Waals surface area contributed by atoms with E-state index in [4.69, 9.17) is 0 Å². The van der Waals surface area contributed by atoms with Gasteiger partial charge in [-0.3, -0.25) is 42.5 Å². The van der Waals surface area contributed by atoms with E-state index in [1.807, 2.05) is 0 Å². The molecule has 314 valence electrons. The average Bonchev–Trinajstić information content (AvgIpc) is 3.89. The molecular weight excluding hydrogens is 1690 g/mol. The number of alkyl halides is 15. The number of halogens is 15. The van der Waals surface area contributed by atoms with Crippen LogP contribution in [0, 0.1) is 47.3 Å². The molecule has 31 atom stereocenters. The molecule has 31 unspecified atom stereocenters. The number of fused-ring (bicyclic) bond motifs is 20. The molecule has 4 aliphatic carbocycles. The average molecular weight is 1740 g/mol. The van der Waals surface area contributed by atoms with Gasteiger partial charge in [-0.25, -0.2) is 0 Å². The van der Waals surface area contributed by atoms with Crippen LogP contribution < -0.4 is 42.5 Å². The Bertz CT molecular complexity index is 1430. The molecular formula is C32H41Br15N8. The fraction of sp³-hybridized carbons (Fsp3) is 1.00. The van der Waals surface area contributed by atoms with E-state index in [0.717, 1.165) is 6.42 Å². The highest BCUT2D eigenvalue weighted by Gasteiger charge is 2.64. The van der Waals surface area contributed by atoms with E-state index < -0.39 is 0 Å². The minimum absolute atomic E-state index is 0.0337. The van der Waals surface area contributed by atoms with Crippen molar-refractivity contribution in [2.24, 2.45) is 47.3 Å². The van der Waals surface area contributed by atoms with Crippen molar-refractivity contribution in [1.29, 1.82) is 0 Å². The van der Waals surface area contributed by atoms with Crippen LogP contribution in [0.3, 0.4) is 0 Å². The Morgan fingerprint density at radius 2 is 0.418 bits per heavy atom. The third-order valence-corrected chi connectivity index (χ3v) is 39.3. The highest BCUT2D eigenvalue weighted by atomic mass is 79.9. The maximum Gasteiger partial charge on any atom is 0.0640 e. The Balaban J connectivity index is 1.14. The number of rotatable bonds is 0. The van der Waals surface area contributed by atoms with Crippen molar-refractivity contribution in [3.8, 4) is 0 Å². The SMILES string of the molecule is BrC1CC2C3NC(NC4NC(NC5NC(NC6NC(N3)C3C(Br)C(Br)C(Br)C(Br)C63)C3C(Br)C(Br)C(Br)C(Br)C53)C3C(Br)C(Br)C(Br)C(Br)C43)C2C(Br)C1Br. The molecule has 0 aromatic rings. The van der Waals surface area contributed by atoms with Gasteiger partial charge in [0, 0.05) is 114 Å². The van der Waals surface area contributed by atoms with E-state index in [1.165, 1.54) is 0 Å². The molecule has 8 N–H and O–H groups in total. The lowest BCUT2D eigenvalue weighted by Gasteiger charge is -2.46. The summed E-state index contributed by atoms with van der Waals surface area (Å²) in [6, 6.07) is 0. The van der Waals surface area contributed by atoms with Crippen LogP contribution in [0.25, 0.3) is 0 Å². The van der Waals surface area contributed by atoms with Crippen LogP contribution in [0.1, 0.15) is 6.42 Å². The molecule has 0 aromatic heterocycles. The zero-order valence-electron chi connectivity index (χ0n) is 28.3. The Morgan fingerprint density at radius 1 is 0.218 bits per heavy atom. The zero-order chi connectivity index (χ0) is 39.3. The lowest BCUT2D eigenvalue weighted by atomic mass is 9.76. The molecule has 9 fully saturated rings. The van der Waals surface area contributed by atoms with Crippen molar-refractivity contribution in [2.75, 3.05) is 0 Å². The summed E-state index contributed by atoms with van der Waals surface area (Å²) in [5, 5.41) is 33.8. The van der Waals surface area contributed by atoms with Crippen molar-refractivity contribution in [3.63, 3.8) is 0 Å². The summed E-state index contributed by atoms with van der Waals surface area (Å²) in [4.78, 5) is 3.82. The Hall–Kier alpha value is 6.88. The second kappa shape index (κ2) is 18.4. The molecule has 5 aliphatic heterocycles. The fourth-order valence-corrected chi connectivity index (χ4v) is 27.0. The van der Waals surface area contributed by atoms with E-state index >= 15 is 0 Å². The summed E-state index contributed by atoms with van der Waals surface area (Å²) >= 11 is 62.6. The minimum Gasteiger partial charge on any atom is -0.286 e. The van der Waals surface area contributed by atoms with Gasteiger partial charge in [0.2, 0.25) is 0 Å². The predicted octanol–water partition coefficient (Wildman–Crippen LogP) is 8.21. The van der Waals surface area contributed by atoms with E-state index in [-0.39, 0.29) is 130 Å². The summed E-state index contributed by atoms with van der Waals surface area (Å²) in [5.74, 6) is 2.46. The van der Waals surface area contributed by atoms with Crippen LogP contribution in [-0.4, -0.2) is 122 Å². The highest BCUT2D eigenvalue weighted by molar-refractivity contribution is 9.16. The number of nitrogens with one attached hydrogen (secondary N) is 8. The second-order valence-electron chi connectivity index (χ2n) is 16.8. The van der Waals surface area contributed by atoms with Crippen LogP contribution in [-0.2, 0) is 0 Å². The summed E-state index contributed by atoms with van der Waals surface area (Å²) in [6.45, 7) is 0. The standard InChI is InChI=1S/C32H41Br15N8/c33-3-1-2-4(12(35)11(3)34)26-48-25(2)49-27-5-6(14(37)20(43)19(42)13(5)36)29(51-27)53-31-9-10(18(41)24(47)23(46)17(9)40)32(55-31)54-30-8-7(28(50-26)52-30)15(38)21(44)22(45)16(8)39/h2-32,48-55H,1H2. The molecule has 9 aliphatic rings.